The average Bonchev–Trinajstić information content (AvgIpc) is 3.33. The molecule has 2 atom stereocenters. The second kappa shape index (κ2) is 9.39. The molecular weight excluding hydrogens is 360 g/mol. The Balaban J connectivity index is 1.54. The molecule has 7 nitrogen and oxygen atoms in total. The second-order valence-corrected chi connectivity index (χ2v) is 8.54. The average molecular weight is 393 g/mol. The number of carbonyl (C=O) groups is 1. The number of nitrogens with one attached hydrogen (secondary N) is 3. The maximum atomic E-state index is 12.4. The van der Waals surface area contributed by atoms with Gasteiger partial charge in [-0.2, -0.15) is 0 Å². The van der Waals surface area contributed by atoms with Gasteiger partial charge in [-0.15, -0.1) is 11.3 Å². The van der Waals surface area contributed by atoms with E-state index in [0.717, 1.165) is 61.9 Å². The van der Waals surface area contributed by atoms with Crippen LogP contribution in [0, 0.1) is 5.92 Å². The third-order valence-electron chi connectivity index (χ3n) is 4.98. The Kier molecular flexibility index (Phi) is 6.93. The number of aromatic nitrogens is 1. The number of hydrogen-bond acceptors (Lipinski definition) is 5. The SMILES string of the molecule is CCNC(=NCc1csc(N(C)C)n1)NC1CCCC(C(=O)NC2CC2)C1. The van der Waals surface area contributed by atoms with Gasteiger partial charge in [0.05, 0.1) is 12.2 Å². The van der Waals surface area contributed by atoms with Gasteiger partial charge in [-0.1, -0.05) is 6.42 Å². The van der Waals surface area contributed by atoms with Gasteiger partial charge >= 0.3 is 0 Å². The standard InChI is InChI=1S/C19H32N6OS/c1-4-20-18(21-11-16-12-27-19(24-16)25(2)3)23-15-7-5-6-13(10-15)17(26)22-14-8-9-14/h12-15H,4-11H2,1-3H3,(H,22,26)(H2,20,21,23). The number of thiazole rings is 1. The molecule has 27 heavy (non-hydrogen) atoms. The molecule has 2 unspecified atom stereocenters. The van der Waals surface area contributed by atoms with Crippen molar-refractivity contribution in [2.75, 3.05) is 25.5 Å². The number of amides is 1. The fourth-order valence-corrected chi connectivity index (χ4v) is 4.10. The Morgan fingerprint density at radius 2 is 2.07 bits per heavy atom. The second-order valence-electron chi connectivity index (χ2n) is 7.70. The summed E-state index contributed by atoms with van der Waals surface area (Å²) in [6.45, 7) is 3.43. The number of rotatable bonds is 7. The van der Waals surface area contributed by atoms with Crippen molar-refractivity contribution < 1.29 is 4.79 Å². The zero-order valence-corrected chi connectivity index (χ0v) is 17.4. The zero-order chi connectivity index (χ0) is 19.2. The van der Waals surface area contributed by atoms with Crippen LogP contribution >= 0.6 is 11.3 Å². The maximum Gasteiger partial charge on any atom is 0.223 e. The van der Waals surface area contributed by atoms with E-state index in [4.69, 9.17) is 4.99 Å². The van der Waals surface area contributed by atoms with Gasteiger partial charge in [0, 0.05) is 44.0 Å². The molecule has 1 amide bonds. The number of guanidine groups is 1. The lowest BCUT2D eigenvalue weighted by atomic mass is 9.85. The fourth-order valence-electron chi connectivity index (χ4n) is 3.35. The van der Waals surface area contributed by atoms with Crippen molar-refractivity contribution in [2.24, 2.45) is 10.9 Å². The summed E-state index contributed by atoms with van der Waals surface area (Å²) in [5.74, 6) is 1.18. The quantitative estimate of drug-likeness (QED) is 0.489. The van der Waals surface area contributed by atoms with Gasteiger partial charge in [0.25, 0.3) is 0 Å². The molecule has 0 radical (unpaired) electrons. The summed E-state index contributed by atoms with van der Waals surface area (Å²) < 4.78 is 0. The summed E-state index contributed by atoms with van der Waals surface area (Å²) in [5.41, 5.74) is 0.978. The highest BCUT2D eigenvalue weighted by molar-refractivity contribution is 7.13. The summed E-state index contributed by atoms with van der Waals surface area (Å²) in [4.78, 5) is 23.7. The predicted molar refractivity (Wildman–Crippen MR) is 111 cm³/mol. The van der Waals surface area contributed by atoms with E-state index in [9.17, 15) is 4.79 Å². The molecule has 0 aliphatic heterocycles. The van der Waals surface area contributed by atoms with Crippen LogP contribution in [0.2, 0.25) is 0 Å². The van der Waals surface area contributed by atoms with E-state index < -0.39 is 0 Å². The number of nitrogens with zero attached hydrogens (tertiary/aromatic N) is 3. The van der Waals surface area contributed by atoms with Crippen molar-refractivity contribution in [1.82, 2.24) is 20.9 Å². The molecule has 0 bridgehead atoms. The third kappa shape index (κ3) is 6.09. The molecule has 2 saturated carbocycles. The van der Waals surface area contributed by atoms with Crippen LogP contribution in [0.25, 0.3) is 0 Å². The normalized spacial score (nSPS) is 23.0. The maximum absolute atomic E-state index is 12.4. The van der Waals surface area contributed by atoms with Gasteiger partial charge in [-0.25, -0.2) is 9.98 Å². The Hall–Kier alpha value is -1.83. The summed E-state index contributed by atoms with van der Waals surface area (Å²) in [6, 6.07) is 0.731. The van der Waals surface area contributed by atoms with Crippen molar-refractivity contribution in [3.05, 3.63) is 11.1 Å². The Morgan fingerprint density at radius 3 is 2.74 bits per heavy atom. The number of anilines is 1. The first-order valence-electron chi connectivity index (χ1n) is 10.0. The lowest BCUT2D eigenvalue weighted by molar-refractivity contribution is -0.126. The summed E-state index contributed by atoms with van der Waals surface area (Å²) in [6.07, 6.45) is 6.32. The fraction of sp³-hybridized carbons (Fsp3) is 0.737. The minimum Gasteiger partial charge on any atom is -0.357 e. The minimum atomic E-state index is 0.126. The van der Waals surface area contributed by atoms with Gasteiger partial charge in [0.1, 0.15) is 0 Å². The van der Waals surface area contributed by atoms with Crippen molar-refractivity contribution in [1.29, 1.82) is 0 Å². The molecule has 1 heterocycles. The van der Waals surface area contributed by atoms with E-state index in [1.165, 1.54) is 0 Å². The van der Waals surface area contributed by atoms with Crippen LogP contribution in [0.1, 0.15) is 51.1 Å². The van der Waals surface area contributed by atoms with E-state index in [1.807, 2.05) is 19.0 Å². The monoisotopic (exact) mass is 392 g/mol. The topological polar surface area (TPSA) is 81.7 Å². The Labute approximate surface area is 166 Å². The van der Waals surface area contributed by atoms with E-state index in [2.05, 4.69) is 33.2 Å². The van der Waals surface area contributed by atoms with Crippen molar-refractivity contribution in [3.63, 3.8) is 0 Å². The molecule has 2 fully saturated rings. The highest BCUT2D eigenvalue weighted by Gasteiger charge is 2.31. The molecule has 2 aliphatic carbocycles. The first-order valence-corrected chi connectivity index (χ1v) is 10.9. The van der Waals surface area contributed by atoms with Gasteiger partial charge in [-0.05, 0) is 39.0 Å². The molecule has 3 N–H and O–H groups in total. The Morgan fingerprint density at radius 1 is 1.26 bits per heavy atom. The molecular formula is C19H32N6OS. The number of hydrogen-bond donors (Lipinski definition) is 3. The van der Waals surface area contributed by atoms with E-state index in [0.29, 0.717) is 18.6 Å². The molecule has 1 aromatic rings. The first-order chi connectivity index (χ1) is 13.0. The summed E-state index contributed by atoms with van der Waals surface area (Å²) in [5, 5.41) is 13.1. The van der Waals surface area contributed by atoms with Gasteiger partial charge < -0.3 is 20.9 Å². The molecule has 2 aliphatic rings. The van der Waals surface area contributed by atoms with E-state index in [1.54, 1.807) is 11.3 Å². The largest absolute Gasteiger partial charge is 0.357 e. The van der Waals surface area contributed by atoms with Crippen molar-refractivity contribution >= 4 is 28.3 Å². The van der Waals surface area contributed by atoms with Crippen LogP contribution in [0.4, 0.5) is 5.13 Å². The molecule has 3 rings (SSSR count). The van der Waals surface area contributed by atoms with Crippen LogP contribution in [0.15, 0.2) is 10.4 Å². The molecule has 0 aromatic carbocycles. The van der Waals surface area contributed by atoms with Crippen LogP contribution in [-0.2, 0) is 11.3 Å². The van der Waals surface area contributed by atoms with Gasteiger partial charge in [-0.3, -0.25) is 4.79 Å². The van der Waals surface area contributed by atoms with Crippen LogP contribution < -0.4 is 20.9 Å². The molecule has 8 heteroatoms. The number of aliphatic imine (C=N–C) groups is 1. The van der Waals surface area contributed by atoms with Crippen LogP contribution in [0.5, 0.6) is 0 Å². The summed E-state index contributed by atoms with van der Waals surface area (Å²) in [7, 11) is 3.99. The van der Waals surface area contributed by atoms with Crippen LogP contribution in [-0.4, -0.2) is 49.6 Å². The highest BCUT2D eigenvalue weighted by Crippen LogP contribution is 2.27. The zero-order valence-electron chi connectivity index (χ0n) is 16.6. The van der Waals surface area contributed by atoms with Gasteiger partial charge in [0.15, 0.2) is 11.1 Å². The molecule has 0 spiro atoms. The number of carbonyl (C=O) groups excluding carboxylic acids is 1. The van der Waals surface area contributed by atoms with Crippen molar-refractivity contribution in [3.8, 4) is 0 Å². The van der Waals surface area contributed by atoms with E-state index >= 15 is 0 Å². The summed E-state index contributed by atoms with van der Waals surface area (Å²) >= 11 is 1.63. The minimum absolute atomic E-state index is 0.126. The van der Waals surface area contributed by atoms with Crippen LogP contribution in [0.3, 0.4) is 0 Å². The molecule has 0 saturated heterocycles. The lowest BCUT2D eigenvalue weighted by Crippen LogP contribution is -2.47. The smallest absolute Gasteiger partial charge is 0.223 e. The lowest BCUT2D eigenvalue weighted by Gasteiger charge is -2.30. The molecule has 1 aromatic heterocycles. The van der Waals surface area contributed by atoms with Gasteiger partial charge in [0.2, 0.25) is 5.91 Å². The highest BCUT2D eigenvalue weighted by atomic mass is 32.1. The van der Waals surface area contributed by atoms with Crippen molar-refractivity contribution in [2.45, 2.75) is 64.1 Å². The van der Waals surface area contributed by atoms with E-state index in [-0.39, 0.29) is 11.8 Å². The molecule has 150 valence electrons. The predicted octanol–water partition coefficient (Wildman–Crippen LogP) is 2.10. The third-order valence-corrected chi connectivity index (χ3v) is 6.03. The first kappa shape index (κ1) is 19.9. The Bertz CT molecular complexity index is 654.